The summed E-state index contributed by atoms with van der Waals surface area (Å²) in [5, 5.41) is 17.3. The normalized spacial score (nSPS) is 11.3. The zero-order valence-corrected chi connectivity index (χ0v) is 18.6. The maximum Gasteiger partial charge on any atom is 0.323 e. The minimum atomic E-state index is -0.840. The van der Waals surface area contributed by atoms with Gasteiger partial charge < -0.3 is 21.1 Å². The second-order valence-electron chi connectivity index (χ2n) is 7.94. The van der Waals surface area contributed by atoms with Crippen LogP contribution in [-0.2, 0) is 16.0 Å². The first-order valence-corrected chi connectivity index (χ1v) is 10.6. The largest absolute Gasteiger partial charge is 0.481 e. The third-order valence-corrected chi connectivity index (χ3v) is 5.21. The molecular weight excluding hydrogens is 418 g/mol. The van der Waals surface area contributed by atoms with E-state index in [4.69, 9.17) is 5.11 Å². The summed E-state index contributed by atoms with van der Waals surface area (Å²) in [6, 6.07) is 21.5. The molecule has 7 heteroatoms. The standard InChI is InChI=1S/C26H27N3O4/c1-17-5-3-4-6-23(17)29-26(33)28-22-11-7-19(8-12-22)16-24(30)27-21-13-9-20(10-14-21)18(2)15-25(31)32/h3-14,18H,15-16H2,1-2H3,(H,27,30)(H,31,32)(H2,28,29,33)/t18-/m1/s1. The van der Waals surface area contributed by atoms with E-state index in [1.165, 1.54) is 0 Å². The number of hydrogen-bond acceptors (Lipinski definition) is 3. The van der Waals surface area contributed by atoms with Crippen molar-refractivity contribution in [3.63, 3.8) is 0 Å². The number of amides is 3. The molecule has 3 amide bonds. The molecule has 4 N–H and O–H groups in total. The average molecular weight is 446 g/mol. The molecule has 3 rings (SSSR count). The van der Waals surface area contributed by atoms with E-state index in [1.54, 1.807) is 36.4 Å². The maximum absolute atomic E-state index is 12.4. The average Bonchev–Trinajstić information content (AvgIpc) is 2.76. The van der Waals surface area contributed by atoms with Gasteiger partial charge in [-0.15, -0.1) is 0 Å². The second kappa shape index (κ2) is 10.9. The van der Waals surface area contributed by atoms with Crippen molar-refractivity contribution in [3.05, 3.63) is 89.5 Å². The van der Waals surface area contributed by atoms with Crippen molar-refractivity contribution >= 4 is 35.0 Å². The number of aryl methyl sites for hydroxylation is 1. The molecular formula is C26H27N3O4. The Morgan fingerprint density at radius 2 is 1.42 bits per heavy atom. The molecule has 0 saturated heterocycles. The summed E-state index contributed by atoms with van der Waals surface area (Å²) in [5.74, 6) is -1.11. The Labute approximate surface area is 192 Å². The molecule has 7 nitrogen and oxygen atoms in total. The van der Waals surface area contributed by atoms with Gasteiger partial charge in [-0.25, -0.2) is 4.79 Å². The summed E-state index contributed by atoms with van der Waals surface area (Å²) >= 11 is 0. The van der Waals surface area contributed by atoms with Crippen molar-refractivity contribution < 1.29 is 19.5 Å². The van der Waals surface area contributed by atoms with E-state index in [2.05, 4.69) is 16.0 Å². The van der Waals surface area contributed by atoms with Crippen LogP contribution in [0.4, 0.5) is 21.9 Å². The molecule has 0 aliphatic heterocycles. The number of aliphatic carboxylic acids is 1. The quantitative estimate of drug-likeness (QED) is 0.372. The Kier molecular flexibility index (Phi) is 7.81. The minimum absolute atomic E-state index is 0.0596. The van der Waals surface area contributed by atoms with E-state index in [-0.39, 0.29) is 30.7 Å². The van der Waals surface area contributed by atoms with Crippen molar-refractivity contribution in [1.82, 2.24) is 0 Å². The summed E-state index contributed by atoms with van der Waals surface area (Å²) in [4.78, 5) is 35.4. The Morgan fingerprint density at radius 1 is 0.818 bits per heavy atom. The highest BCUT2D eigenvalue weighted by Gasteiger charge is 2.11. The van der Waals surface area contributed by atoms with Gasteiger partial charge in [-0.05, 0) is 59.9 Å². The molecule has 33 heavy (non-hydrogen) atoms. The number of benzene rings is 3. The number of rotatable bonds is 8. The number of anilines is 3. The van der Waals surface area contributed by atoms with E-state index < -0.39 is 5.97 Å². The van der Waals surface area contributed by atoms with Crippen LogP contribution in [0.25, 0.3) is 0 Å². The van der Waals surface area contributed by atoms with Gasteiger partial charge in [-0.3, -0.25) is 9.59 Å². The molecule has 0 radical (unpaired) electrons. The number of nitrogens with one attached hydrogen (secondary N) is 3. The highest BCUT2D eigenvalue weighted by Crippen LogP contribution is 2.21. The van der Waals surface area contributed by atoms with Crippen molar-refractivity contribution in [2.75, 3.05) is 16.0 Å². The smallest absolute Gasteiger partial charge is 0.323 e. The molecule has 0 aromatic heterocycles. The molecule has 3 aromatic carbocycles. The van der Waals surface area contributed by atoms with Crippen molar-refractivity contribution in [1.29, 1.82) is 0 Å². The fourth-order valence-electron chi connectivity index (χ4n) is 3.37. The van der Waals surface area contributed by atoms with Crippen molar-refractivity contribution in [2.45, 2.75) is 32.6 Å². The summed E-state index contributed by atoms with van der Waals surface area (Å²) < 4.78 is 0. The molecule has 0 heterocycles. The van der Waals surface area contributed by atoms with Gasteiger partial charge in [-0.2, -0.15) is 0 Å². The lowest BCUT2D eigenvalue weighted by molar-refractivity contribution is -0.137. The van der Waals surface area contributed by atoms with E-state index in [1.807, 2.05) is 50.2 Å². The highest BCUT2D eigenvalue weighted by atomic mass is 16.4. The molecule has 0 spiro atoms. The van der Waals surface area contributed by atoms with Gasteiger partial charge in [-0.1, -0.05) is 49.4 Å². The van der Waals surface area contributed by atoms with Gasteiger partial charge in [0, 0.05) is 17.1 Å². The van der Waals surface area contributed by atoms with Crippen LogP contribution in [0.5, 0.6) is 0 Å². The number of carboxylic acids is 1. The minimum Gasteiger partial charge on any atom is -0.481 e. The summed E-state index contributed by atoms with van der Waals surface area (Å²) in [5.41, 5.74) is 4.70. The van der Waals surface area contributed by atoms with Crippen LogP contribution < -0.4 is 16.0 Å². The molecule has 0 aliphatic rings. The molecule has 0 bridgehead atoms. The Morgan fingerprint density at radius 3 is 2.06 bits per heavy atom. The zero-order valence-electron chi connectivity index (χ0n) is 18.6. The van der Waals surface area contributed by atoms with E-state index in [9.17, 15) is 14.4 Å². The maximum atomic E-state index is 12.4. The molecule has 1 atom stereocenters. The monoisotopic (exact) mass is 445 g/mol. The zero-order chi connectivity index (χ0) is 23.8. The van der Waals surface area contributed by atoms with Gasteiger partial charge in [0.05, 0.1) is 12.8 Å². The fraction of sp³-hybridized carbons (Fsp3) is 0.192. The lowest BCUT2D eigenvalue weighted by atomic mass is 9.98. The van der Waals surface area contributed by atoms with Gasteiger partial charge in [0.1, 0.15) is 0 Å². The highest BCUT2D eigenvalue weighted by molar-refractivity contribution is 6.00. The number of carbonyl (C=O) groups excluding carboxylic acids is 2. The first-order valence-electron chi connectivity index (χ1n) is 10.6. The summed E-state index contributed by atoms with van der Waals surface area (Å²) in [6.07, 6.45) is 0.247. The van der Waals surface area contributed by atoms with Crippen molar-refractivity contribution in [2.24, 2.45) is 0 Å². The van der Waals surface area contributed by atoms with Crippen LogP contribution in [0.1, 0.15) is 36.0 Å². The number of carbonyl (C=O) groups is 3. The van der Waals surface area contributed by atoms with Crippen LogP contribution in [0.3, 0.4) is 0 Å². The number of para-hydroxylation sites is 1. The van der Waals surface area contributed by atoms with E-state index in [0.29, 0.717) is 11.4 Å². The van der Waals surface area contributed by atoms with Crippen LogP contribution in [0.2, 0.25) is 0 Å². The SMILES string of the molecule is Cc1ccccc1NC(=O)Nc1ccc(CC(=O)Nc2ccc([C@H](C)CC(=O)O)cc2)cc1. The Hall–Kier alpha value is -4.13. The molecule has 3 aromatic rings. The van der Waals surface area contributed by atoms with Crippen LogP contribution in [-0.4, -0.2) is 23.0 Å². The fourth-order valence-corrected chi connectivity index (χ4v) is 3.37. The van der Waals surface area contributed by atoms with E-state index in [0.717, 1.165) is 22.4 Å². The van der Waals surface area contributed by atoms with Gasteiger partial charge >= 0.3 is 12.0 Å². The molecule has 0 aliphatic carbocycles. The van der Waals surface area contributed by atoms with Crippen LogP contribution in [0, 0.1) is 6.92 Å². The molecule has 170 valence electrons. The van der Waals surface area contributed by atoms with Crippen LogP contribution >= 0.6 is 0 Å². The van der Waals surface area contributed by atoms with Crippen molar-refractivity contribution in [3.8, 4) is 0 Å². The van der Waals surface area contributed by atoms with Gasteiger partial charge in [0.2, 0.25) is 5.91 Å². The molecule has 0 fully saturated rings. The predicted molar refractivity (Wildman–Crippen MR) is 130 cm³/mol. The number of urea groups is 1. The summed E-state index contributed by atoms with van der Waals surface area (Å²) in [6.45, 7) is 3.77. The Bertz CT molecular complexity index is 1130. The molecule has 0 unspecified atom stereocenters. The first kappa shape index (κ1) is 23.5. The lowest BCUT2D eigenvalue weighted by Crippen LogP contribution is -2.20. The number of carboxylic acid groups (broad SMARTS) is 1. The third kappa shape index (κ3) is 7.21. The van der Waals surface area contributed by atoms with E-state index >= 15 is 0 Å². The number of hydrogen-bond donors (Lipinski definition) is 4. The topological polar surface area (TPSA) is 108 Å². The van der Waals surface area contributed by atoms with Gasteiger partial charge in [0.25, 0.3) is 0 Å². The third-order valence-electron chi connectivity index (χ3n) is 5.21. The molecule has 0 saturated carbocycles. The second-order valence-corrected chi connectivity index (χ2v) is 7.94. The Balaban J connectivity index is 1.50. The predicted octanol–water partition coefficient (Wildman–Crippen LogP) is 5.40. The summed E-state index contributed by atoms with van der Waals surface area (Å²) in [7, 11) is 0. The first-order chi connectivity index (χ1) is 15.8. The van der Waals surface area contributed by atoms with Crippen LogP contribution in [0.15, 0.2) is 72.8 Å². The van der Waals surface area contributed by atoms with Gasteiger partial charge in [0.15, 0.2) is 0 Å². The lowest BCUT2D eigenvalue weighted by Gasteiger charge is -2.11.